The van der Waals surface area contributed by atoms with Gasteiger partial charge in [-0.2, -0.15) is 0 Å². The van der Waals surface area contributed by atoms with Crippen LogP contribution in [0.2, 0.25) is 0 Å². The van der Waals surface area contributed by atoms with Gasteiger partial charge >= 0.3 is 0 Å². The van der Waals surface area contributed by atoms with E-state index >= 15 is 0 Å². The number of hydrogen-bond acceptors (Lipinski definition) is 4. The van der Waals surface area contributed by atoms with E-state index in [1.807, 2.05) is 61.5 Å². The molecule has 6 heteroatoms. The van der Waals surface area contributed by atoms with E-state index in [0.29, 0.717) is 18.0 Å². The van der Waals surface area contributed by atoms with Crippen molar-refractivity contribution >= 4 is 27.7 Å². The summed E-state index contributed by atoms with van der Waals surface area (Å²) >= 11 is -2.36. The fourth-order valence-corrected chi connectivity index (χ4v) is 3.03. The van der Waals surface area contributed by atoms with E-state index in [2.05, 4.69) is 4.72 Å². The molecule has 0 aliphatic carbocycles. The monoisotopic (exact) mass is 355 g/mol. The van der Waals surface area contributed by atoms with E-state index in [9.17, 15) is 8.76 Å². The van der Waals surface area contributed by atoms with Crippen LogP contribution in [0.5, 0.6) is 11.5 Å². The lowest BCUT2D eigenvalue weighted by Gasteiger charge is -2.18. The molecule has 0 aromatic heterocycles. The zero-order valence-corrected chi connectivity index (χ0v) is 14.9. The summed E-state index contributed by atoms with van der Waals surface area (Å²) in [6.45, 7) is 0.626. The summed E-state index contributed by atoms with van der Waals surface area (Å²) in [5, 5.41) is 2.14. The SMILES string of the molecule is CN(C)Cc1cc(NS(=O)[O-])ccc1Oc1cccc2ccccc12. The molecular formula is C19H19N2O3S-. The molecule has 3 aromatic rings. The summed E-state index contributed by atoms with van der Waals surface area (Å²) < 4.78 is 30.3. The Balaban J connectivity index is 1.99. The molecule has 3 rings (SSSR count). The average molecular weight is 355 g/mol. The Kier molecular flexibility index (Phi) is 5.33. The standard InChI is InChI=1S/C19H20N2O3S/c1-21(2)13-15-12-16(20-25(22)23)10-11-18(15)24-19-9-5-7-14-6-3-4-8-17(14)19/h3-12,20H,13H2,1-2H3,(H,22,23)/p-1. The average Bonchev–Trinajstić information content (AvgIpc) is 2.56. The molecule has 0 aliphatic rings. The van der Waals surface area contributed by atoms with Crippen molar-refractivity contribution in [2.75, 3.05) is 18.8 Å². The predicted molar refractivity (Wildman–Crippen MR) is 100 cm³/mol. The van der Waals surface area contributed by atoms with Crippen LogP contribution in [0.4, 0.5) is 5.69 Å². The van der Waals surface area contributed by atoms with Crippen LogP contribution >= 0.6 is 0 Å². The molecule has 0 saturated heterocycles. The zero-order chi connectivity index (χ0) is 17.8. The first-order valence-corrected chi connectivity index (χ1v) is 8.89. The molecule has 0 saturated carbocycles. The molecule has 0 radical (unpaired) electrons. The number of hydrogen-bond donors (Lipinski definition) is 1. The van der Waals surface area contributed by atoms with Gasteiger partial charge in [-0.3, -0.25) is 4.21 Å². The van der Waals surface area contributed by atoms with Gasteiger partial charge in [0.15, 0.2) is 0 Å². The lowest BCUT2D eigenvalue weighted by Crippen LogP contribution is -2.12. The Morgan fingerprint density at radius 2 is 1.80 bits per heavy atom. The maximum atomic E-state index is 10.9. The van der Waals surface area contributed by atoms with Gasteiger partial charge in [0.05, 0.1) is 0 Å². The number of benzene rings is 3. The van der Waals surface area contributed by atoms with E-state index in [1.54, 1.807) is 18.2 Å². The molecule has 0 bridgehead atoms. The Morgan fingerprint density at radius 1 is 1.04 bits per heavy atom. The molecule has 130 valence electrons. The first-order valence-electron chi connectivity index (χ1n) is 7.82. The summed E-state index contributed by atoms with van der Waals surface area (Å²) in [7, 11) is 3.90. The van der Waals surface area contributed by atoms with Crippen molar-refractivity contribution in [1.82, 2.24) is 4.90 Å². The molecule has 0 spiro atoms. The number of rotatable bonds is 6. The summed E-state index contributed by atoms with van der Waals surface area (Å²) in [5.74, 6) is 1.47. The van der Waals surface area contributed by atoms with E-state index < -0.39 is 11.3 Å². The molecule has 5 nitrogen and oxygen atoms in total. The minimum absolute atomic E-state index is 0.510. The predicted octanol–water partition coefficient (Wildman–Crippen LogP) is 3.90. The second-order valence-corrected chi connectivity index (χ2v) is 6.65. The minimum atomic E-state index is -2.36. The number of nitrogens with zero attached hydrogens (tertiary/aromatic N) is 1. The molecule has 3 aromatic carbocycles. The highest BCUT2D eigenvalue weighted by atomic mass is 32.2. The van der Waals surface area contributed by atoms with Crippen molar-refractivity contribution in [1.29, 1.82) is 0 Å². The third-order valence-electron chi connectivity index (χ3n) is 3.72. The van der Waals surface area contributed by atoms with Crippen molar-refractivity contribution in [3.8, 4) is 11.5 Å². The first kappa shape index (κ1) is 17.4. The van der Waals surface area contributed by atoms with Gasteiger partial charge in [0, 0.05) is 34.4 Å². The summed E-state index contributed by atoms with van der Waals surface area (Å²) in [5.41, 5.74) is 1.41. The highest BCUT2D eigenvalue weighted by Crippen LogP contribution is 2.33. The van der Waals surface area contributed by atoms with E-state index in [0.717, 1.165) is 22.1 Å². The number of fused-ring (bicyclic) bond motifs is 1. The van der Waals surface area contributed by atoms with Crippen molar-refractivity contribution in [3.63, 3.8) is 0 Å². The van der Waals surface area contributed by atoms with Crippen molar-refractivity contribution < 1.29 is 13.5 Å². The fraction of sp³-hybridized carbons (Fsp3) is 0.158. The molecule has 0 heterocycles. The lowest BCUT2D eigenvalue weighted by molar-refractivity contribution is 0.389. The normalized spacial score (nSPS) is 12.3. The molecule has 1 N–H and O–H groups in total. The third-order valence-corrected chi connectivity index (χ3v) is 4.12. The first-order chi connectivity index (χ1) is 12.0. The molecule has 0 fully saturated rings. The second-order valence-electron chi connectivity index (χ2n) is 5.98. The van der Waals surface area contributed by atoms with Gasteiger partial charge in [0.25, 0.3) is 0 Å². The topological polar surface area (TPSA) is 64.6 Å². The van der Waals surface area contributed by atoms with Crippen LogP contribution in [-0.4, -0.2) is 27.8 Å². The van der Waals surface area contributed by atoms with Crippen LogP contribution in [0, 0.1) is 0 Å². The zero-order valence-electron chi connectivity index (χ0n) is 14.1. The molecule has 1 atom stereocenters. The minimum Gasteiger partial charge on any atom is -0.755 e. The Bertz CT molecular complexity index is 907. The van der Waals surface area contributed by atoms with Crippen molar-refractivity contribution in [2.24, 2.45) is 0 Å². The van der Waals surface area contributed by atoms with Gasteiger partial charge in [-0.15, -0.1) is 0 Å². The van der Waals surface area contributed by atoms with Gasteiger partial charge in [-0.1, -0.05) is 36.4 Å². The molecule has 25 heavy (non-hydrogen) atoms. The van der Waals surface area contributed by atoms with Gasteiger partial charge in [0.1, 0.15) is 11.5 Å². The second kappa shape index (κ2) is 7.65. The smallest absolute Gasteiger partial charge is 0.135 e. The maximum Gasteiger partial charge on any atom is 0.135 e. The lowest BCUT2D eigenvalue weighted by atomic mass is 10.1. The van der Waals surface area contributed by atoms with Gasteiger partial charge in [0.2, 0.25) is 0 Å². The number of ether oxygens (including phenoxy) is 1. The summed E-state index contributed by atoms with van der Waals surface area (Å²) in [4.78, 5) is 2.00. The van der Waals surface area contributed by atoms with Crippen LogP contribution in [0.25, 0.3) is 10.8 Å². The molecular weight excluding hydrogens is 336 g/mol. The van der Waals surface area contributed by atoms with Gasteiger partial charge < -0.3 is 18.9 Å². The van der Waals surface area contributed by atoms with Gasteiger partial charge in [-0.25, -0.2) is 0 Å². The van der Waals surface area contributed by atoms with Crippen molar-refractivity contribution in [2.45, 2.75) is 6.54 Å². The summed E-state index contributed by atoms with van der Waals surface area (Å²) in [6, 6.07) is 19.2. The number of anilines is 1. The van der Waals surface area contributed by atoms with Gasteiger partial charge in [-0.05, 0) is 43.7 Å². The molecule has 1 unspecified atom stereocenters. The van der Waals surface area contributed by atoms with E-state index in [1.165, 1.54) is 0 Å². The number of nitrogens with one attached hydrogen (secondary N) is 1. The van der Waals surface area contributed by atoms with Crippen LogP contribution in [0.3, 0.4) is 0 Å². The maximum absolute atomic E-state index is 10.9. The fourth-order valence-electron chi connectivity index (χ4n) is 2.71. The van der Waals surface area contributed by atoms with Crippen LogP contribution in [0.15, 0.2) is 60.7 Å². The molecule has 0 aliphatic heterocycles. The van der Waals surface area contributed by atoms with Crippen LogP contribution < -0.4 is 9.46 Å². The Labute approximate surface area is 149 Å². The van der Waals surface area contributed by atoms with E-state index in [-0.39, 0.29) is 0 Å². The largest absolute Gasteiger partial charge is 0.755 e. The van der Waals surface area contributed by atoms with Crippen molar-refractivity contribution in [3.05, 3.63) is 66.2 Å². The van der Waals surface area contributed by atoms with Crippen LogP contribution in [-0.2, 0) is 17.8 Å². The quantitative estimate of drug-likeness (QED) is 0.681. The highest BCUT2D eigenvalue weighted by Gasteiger charge is 2.10. The summed E-state index contributed by atoms with van der Waals surface area (Å²) in [6.07, 6.45) is 0. The Hall–Kier alpha value is -2.41. The van der Waals surface area contributed by atoms with Crippen LogP contribution in [0.1, 0.15) is 5.56 Å². The third kappa shape index (κ3) is 4.36. The Morgan fingerprint density at radius 3 is 2.56 bits per heavy atom. The molecule has 0 amide bonds. The van der Waals surface area contributed by atoms with E-state index in [4.69, 9.17) is 4.74 Å². The highest BCUT2D eigenvalue weighted by molar-refractivity contribution is 7.80.